The molecule has 3 rings (SSSR count). The molecule has 0 atom stereocenters. The number of alkyl halides is 3. The lowest BCUT2D eigenvalue weighted by Gasteiger charge is -2.08. The molecule has 2 N–H and O–H groups in total. The second kappa shape index (κ2) is 6.10. The summed E-state index contributed by atoms with van der Waals surface area (Å²) in [4.78, 5) is 15.9. The Bertz CT molecular complexity index is 844. The van der Waals surface area contributed by atoms with Gasteiger partial charge in [-0.15, -0.1) is 10.2 Å². The lowest BCUT2D eigenvalue weighted by molar-refractivity contribution is -0.137. The number of H-pyrrole nitrogens is 1. The van der Waals surface area contributed by atoms with E-state index in [9.17, 15) is 18.0 Å². The largest absolute Gasteiger partial charge is 0.443 e. The van der Waals surface area contributed by atoms with Crippen LogP contribution in [0.25, 0.3) is 11.3 Å². The molecule has 0 saturated heterocycles. The molecule has 0 saturated carbocycles. The Morgan fingerprint density at radius 3 is 2.88 bits per heavy atom. The van der Waals surface area contributed by atoms with E-state index in [0.29, 0.717) is 0 Å². The smallest absolute Gasteiger partial charge is 0.416 e. The average molecular weight is 338 g/mol. The van der Waals surface area contributed by atoms with E-state index < -0.39 is 17.6 Å². The molecular weight excluding hydrogens is 329 g/mol. The zero-order chi connectivity index (χ0) is 17.2. The van der Waals surface area contributed by atoms with Crippen molar-refractivity contribution < 1.29 is 22.4 Å². The van der Waals surface area contributed by atoms with Gasteiger partial charge in [-0.2, -0.15) is 18.4 Å². The third-order valence-electron chi connectivity index (χ3n) is 3.03. The molecule has 0 aliphatic heterocycles. The van der Waals surface area contributed by atoms with E-state index in [1.54, 1.807) is 0 Å². The first kappa shape index (κ1) is 15.6. The number of carbonyl (C=O) groups excluding carboxylic acids is 1. The van der Waals surface area contributed by atoms with Gasteiger partial charge in [-0.1, -0.05) is 17.3 Å². The number of carbonyl (C=O) groups is 1. The minimum Gasteiger partial charge on any atom is -0.443 e. The van der Waals surface area contributed by atoms with E-state index in [2.05, 4.69) is 30.9 Å². The molecule has 3 aromatic rings. The van der Waals surface area contributed by atoms with E-state index in [1.165, 1.54) is 12.1 Å². The molecule has 0 spiro atoms. The molecule has 8 nitrogen and oxygen atoms in total. The third-order valence-corrected chi connectivity index (χ3v) is 3.03. The molecule has 2 heterocycles. The van der Waals surface area contributed by atoms with Gasteiger partial charge in [0.2, 0.25) is 0 Å². The van der Waals surface area contributed by atoms with Gasteiger partial charge in [-0.25, -0.2) is 4.98 Å². The Balaban J connectivity index is 1.84. The van der Waals surface area contributed by atoms with Gasteiger partial charge in [0.05, 0.1) is 12.1 Å². The van der Waals surface area contributed by atoms with Crippen LogP contribution in [0.15, 0.2) is 35.1 Å². The van der Waals surface area contributed by atoms with Crippen molar-refractivity contribution in [3.05, 3.63) is 47.7 Å². The van der Waals surface area contributed by atoms with Crippen molar-refractivity contribution in [1.29, 1.82) is 0 Å². The summed E-state index contributed by atoms with van der Waals surface area (Å²) in [5.74, 6) is -0.458. The van der Waals surface area contributed by atoms with Crippen LogP contribution in [0.2, 0.25) is 0 Å². The second-order valence-electron chi connectivity index (χ2n) is 4.62. The van der Waals surface area contributed by atoms with Gasteiger partial charge in [0.1, 0.15) is 0 Å². The highest BCUT2D eigenvalue weighted by atomic mass is 19.4. The Hall–Kier alpha value is -3.24. The molecule has 0 radical (unpaired) electrons. The molecule has 0 aliphatic carbocycles. The van der Waals surface area contributed by atoms with Crippen molar-refractivity contribution in [2.75, 3.05) is 0 Å². The molecule has 0 unspecified atom stereocenters. The zero-order valence-corrected chi connectivity index (χ0v) is 11.8. The van der Waals surface area contributed by atoms with Crippen molar-refractivity contribution in [2.45, 2.75) is 12.7 Å². The van der Waals surface area contributed by atoms with E-state index in [1.807, 2.05) is 0 Å². The van der Waals surface area contributed by atoms with Crippen molar-refractivity contribution in [1.82, 2.24) is 30.9 Å². The SMILES string of the molecule is O=C(NCc1nn[nH]n1)c1ncoc1-c1cccc(C(F)(F)F)c1. The van der Waals surface area contributed by atoms with Crippen molar-refractivity contribution in [2.24, 2.45) is 0 Å². The summed E-state index contributed by atoms with van der Waals surface area (Å²) in [6.07, 6.45) is -3.52. The second-order valence-corrected chi connectivity index (χ2v) is 4.62. The van der Waals surface area contributed by atoms with E-state index in [0.717, 1.165) is 18.5 Å². The number of nitrogens with zero attached hydrogens (tertiary/aromatic N) is 4. The number of nitrogens with one attached hydrogen (secondary N) is 2. The number of tetrazole rings is 1. The average Bonchev–Trinajstić information content (AvgIpc) is 3.23. The van der Waals surface area contributed by atoms with Crippen LogP contribution in [0.4, 0.5) is 13.2 Å². The van der Waals surface area contributed by atoms with Crippen LogP contribution in [-0.2, 0) is 12.7 Å². The van der Waals surface area contributed by atoms with Crippen LogP contribution in [0.5, 0.6) is 0 Å². The monoisotopic (exact) mass is 338 g/mol. The maximum absolute atomic E-state index is 12.8. The first-order valence-corrected chi connectivity index (χ1v) is 6.57. The van der Waals surface area contributed by atoms with Crippen LogP contribution in [0.3, 0.4) is 0 Å². The summed E-state index contributed by atoms with van der Waals surface area (Å²) in [5.41, 5.74) is -0.903. The van der Waals surface area contributed by atoms with Gasteiger partial charge < -0.3 is 9.73 Å². The Morgan fingerprint density at radius 2 is 2.17 bits per heavy atom. The fraction of sp³-hybridized carbons (Fsp3) is 0.154. The first-order valence-electron chi connectivity index (χ1n) is 6.57. The predicted octanol–water partition coefficient (Wildman–Crippen LogP) is 1.80. The maximum atomic E-state index is 12.8. The van der Waals surface area contributed by atoms with E-state index in [-0.39, 0.29) is 29.4 Å². The molecule has 0 fully saturated rings. The van der Waals surface area contributed by atoms with E-state index >= 15 is 0 Å². The number of amides is 1. The molecule has 1 aromatic carbocycles. The Morgan fingerprint density at radius 1 is 1.33 bits per heavy atom. The van der Waals surface area contributed by atoms with Gasteiger partial charge in [0, 0.05) is 5.56 Å². The number of hydrogen-bond donors (Lipinski definition) is 2. The number of oxazole rings is 1. The van der Waals surface area contributed by atoms with Crippen LogP contribution in [0.1, 0.15) is 21.9 Å². The van der Waals surface area contributed by atoms with Gasteiger partial charge >= 0.3 is 6.18 Å². The van der Waals surface area contributed by atoms with Gasteiger partial charge in [0.25, 0.3) is 5.91 Å². The number of aromatic nitrogens is 5. The minimum absolute atomic E-state index is 0.0236. The quantitative estimate of drug-likeness (QED) is 0.751. The number of benzene rings is 1. The fourth-order valence-electron chi connectivity index (χ4n) is 1.95. The Labute approximate surface area is 132 Å². The molecule has 24 heavy (non-hydrogen) atoms. The summed E-state index contributed by atoms with van der Waals surface area (Å²) in [5, 5.41) is 15.3. The van der Waals surface area contributed by atoms with Gasteiger partial charge in [-0.3, -0.25) is 4.79 Å². The molecule has 124 valence electrons. The number of halogens is 3. The molecule has 11 heteroatoms. The number of hydrogen-bond acceptors (Lipinski definition) is 6. The topological polar surface area (TPSA) is 110 Å². The normalized spacial score (nSPS) is 11.5. The van der Waals surface area contributed by atoms with Crippen LogP contribution < -0.4 is 5.32 Å². The standard InChI is InChI=1S/C13H9F3N6O2/c14-13(15,16)8-3-1-2-7(4-8)11-10(18-6-24-11)12(23)17-5-9-19-21-22-20-9/h1-4,6H,5H2,(H,17,23)(H,19,20,21,22). The summed E-state index contributed by atoms with van der Waals surface area (Å²) >= 11 is 0. The summed E-state index contributed by atoms with van der Waals surface area (Å²) < 4.78 is 43.5. The summed E-state index contributed by atoms with van der Waals surface area (Å²) in [6, 6.07) is 4.43. The molecule has 2 aromatic heterocycles. The molecule has 1 amide bonds. The molecular formula is C13H9F3N6O2. The van der Waals surface area contributed by atoms with Gasteiger partial charge in [0.15, 0.2) is 23.7 Å². The van der Waals surface area contributed by atoms with Crippen LogP contribution in [-0.4, -0.2) is 31.5 Å². The van der Waals surface area contributed by atoms with Crippen molar-refractivity contribution in [3.63, 3.8) is 0 Å². The van der Waals surface area contributed by atoms with Crippen molar-refractivity contribution in [3.8, 4) is 11.3 Å². The van der Waals surface area contributed by atoms with Crippen LogP contribution in [0, 0.1) is 0 Å². The number of aromatic amines is 1. The molecule has 0 bridgehead atoms. The Kier molecular flexibility index (Phi) is 3.98. The highest BCUT2D eigenvalue weighted by molar-refractivity contribution is 5.97. The summed E-state index contributed by atoms with van der Waals surface area (Å²) in [7, 11) is 0. The lowest BCUT2D eigenvalue weighted by atomic mass is 10.1. The minimum atomic E-state index is -4.50. The summed E-state index contributed by atoms with van der Waals surface area (Å²) in [6.45, 7) is -0.0236. The highest BCUT2D eigenvalue weighted by Crippen LogP contribution is 2.32. The first-order chi connectivity index (χ1) is 11.4. The third kappa shape index (κ3) is 3.24. The predicted molar refractivity (Wildman–Crippen MR) is 72.3 cm³/mol. The zero-order valence-electron chi connectivity index (χ0n) is 11.8. The number of rotatable bonds is 4. The van der Waals surface area contributed by atoms with Crippen LogP contribution >= 0.6 is 0 Å². The van der Waals surface area contributed by atoms with E-state index in [4.69, 9.17) is 4.42 Å². The lowest BCUT2D eigenvalue weighted by Crippen LogP contribution is -2.24. The molecule has 0 aliphatic rings. The maximum Gasteiger partial charge on any atom is 0.416 e. The van der Waals surface area contributed by atoms with Gasteiger partial charge in [-0.05, 0) is 12.1 Å². The highest BCUT2D eigenvalue weighted by Gasteiger charge is 2.31. The van der Waals surface area contributed by atoms with Crippen molar-refractivity contribution >= 4 is 5.91 Å². The fourth-order valence-corrected chi connectivity index (χ4v) is 1.95.